The molecule has 0 bridgehead atoms. The predicted molar refractivity (Wildman–Crippen MR) is 61.6 cm³/mol. The second-order valence-electron chi connectivity index (χ2n) is 2.06. The van der Waals surface area contributed by atoms with Gasteiger partial charge in [-0.15, -0.1) is 10.2 Å². The number of hydrogen-bond donors (Lipinski definition) is 2. The summed E-state index contributed by atoms with van der Waals surface area (Å²) in [4.78, 5) is 0. The van der Waals surface area contributed by atoms with E-state index < -0.39 is 0 Å². The average molecular weight is 234 g/mol. The van der Waals surface area contributed by atoms with Gasteiger partial charge in [0.2, 0.25) is 5.13 Å². The third kappa shape index (κ3) is 3.45. The fourth-order valence-corrected chi connectivity index (χ4v) is 2.12. The highest BCUT2D eigenvalue weighted by Crippen LogP contribution is 2.22. The smallest absolute Gasteiger partial charge is 0.212 e. The summed E-state index contributed by atoms with van der Waals surface area (Å²) in [5.74, 6) is 0. The Morgan fingerprint density at radius 3 is 2.92 bits per heavy atom. The lowest BCUT2D eigenvalue weighted by Gasteiger charge is -2.03. The van der Waals surface area contributed by atoms with Gasteiger partial charge in [-0.25, -0.2) is 0 Å². The summed E-state index contributed by atoms with van der Waals surface area (Å²) in [5.41, 5.74) is 0. The zero-order chi connectivity index (χ0) is 9.68. The maximum Gasteiger partial charge on any atom is 0.212 e. The van der Waals surface area contributed by atoms with Gasteiger partial charge in [0.1, 0.15) is 0 Å². The topological polar surface area (TPSA) is 49.8 Å². The van der Waals surface area contributed by atoms with Crippen LogP contribution in [-0.2, 0) is 0 Å². The monoisotopic (exact) mass is 234 g/mol. The Labute approximate surface area is 90.5 Å². The quantitative estimate of drug-likeness (QED) is 0.611. The molecule has 0 aliphatic rings. The second-order valence-corrected chi connectivity index (χ2v) is 4.50. The van der Waals surface area contributed by atoms with Gasteiger partial charge in [0, 0.05) is 6.54 Å². The molecule has 7 heteroatoms. The van der Waals surface area contributed by atoms with E-state index in [1.807, 2.05) is 13.2 Å². The maximum atomic E-state index is 4.99. The molecule has 0 unspecified atom stereocenters. The van der Waals surface area contributed by atoms with Gasteiger partial charge in [0.05, 0.1) is 0 Å². The second kappa shape index (κ2) is 5.36. The average Bonchev–Trinajstić information content (AvgIpc) is 2.52. The van der Waals surface area contributed by atoms with Crippen LogP contribution >= 0.6 is 35.3 Å². The summed E-state index contributed by atoms with van der Waals surface area (Å²) in [7, 11) is 0. The number of nitrogens with zero attached hydrogens (tertiary/aromatic N) is 2. The van der Waals surface area contributed by atoms with Crippen LogP contribution in [0.15, 0.2) is 4.34 Å². The minimum Gasteiger partial charge on any atom is -0.363 e. The third-order valence-corrected chi connectivity index (χ3v) is 3.20. The first kappa shape index (κ1) is 10.7. The fraction of sp³-hybridized carbons (Fsp3) is 0.500. The van der Waals surface area contributed by atoms with E-state index in [4.69, 9.17) is 12.2 Å². The van der Waals surface area contributed by atoms with Crippen LogP contribution in [0.5, 0.6) is 0 Å². The van der Waals surface area contributed by atoms with E-state index in [9.17, 15) is 0 Å². The highest BCUT2D eigenvalue weighted by molar-refractivity contribution is 8.00. The van der Waals surface area contributed by atoms with Gasteiger partial charge in [0.25, 0.3) is 0 Å². The Bertz CT molecular complexity index is 285. The highest BCUT2D eigenvalue weighted by Gasteiger charge is 2.03. The molecule has 1 aromatic rings. The minimum atomic E-state index is 0.589. The summed E-state index contributed by atoms with van der Waals surface area (Å²) in [6.07, 6.45) is 1.97. The number of rotatable bonds is 3. The molecule has 0 saturated carbocycles. The molecule has 0 fully saturated rings. The van der Waals surface area contributed by atoms with Crippen molar-refractivity contribution < 1.29 is 0 Å². The molecule has 0 aromatic carbocycles. The van der Waals surface area contributed by atoms with Crippen molar-refractivity contribution in [2.24, 2.45) is 0 Å². The molecule has 0 aliphatic carbocycles. The number of thiocarbonyl (C=S) groups is 1. The van der Waals surface area contributed by atoms with Crippen LogP contribution in [0.2, 0.25) is 0 Å². The van der Waals surface area contributed by atoms with Crippen LogP contribution in [-0.4, -0.2) is 28.1 Å². The molecule has 0 aliphatic heterocycles. The molecule has 1 heterocycles. The molecule has 2 N–H and O–H groups in total. The zero-order valence-electron chi connectivity index (χ0n) is 7.33. The van der Waals surface area contributed by atoms with Gasteiger partial charge in [-0.2, -0.15) is 0 Å². The number of nitrogens with one attached hydrogen (secondary N) is 2. The molecule has 0 amide bonds. The van der Waals surface area contributed by atoms with Gasteiger partial charge in [-0.05, 0) is 25.4 Å². The van der Waals surface area contributed by atoms with Gasteiger partial charge in [-0.1, -0.05) is 23.1 Å². The van der Waals surface area contributed by atoms with Crippen LogP contribution in [0.1, 0.15) is 6.92 Å². The lowest BCUT2D eigenvalue weighted by molar-refractivity contribution is 0.973. The lowest BCUT2D eigenvalue weighted by atomic mass is 10.7. The third-order valence-electron chi connectivity index (χ3n) is 1.14. The molecule has 13 heavy (non-hydrogen) atoms. The molecule has 72 valence electrons. The molecular formula is C6H10N4S3. The summed E-state index contributed by atoms with van der Waals surface area (Å²) >= 11 is 8.05. The standard InChI is InChI=1S/C6H10N4S3/c1-3-7-4(11)8-5-9-10-6(12-2)13-5/h3H2,1-2H3,(H2,7,8,9,11). The van der Waals surface area contributed by atoms with Crippen LogP contribution in [0.3, 0.4) is 0 Å². The van der Waals surface area contributed by atoms with E-state index in [0.717, 1.165) is 16.0 Å². The van der Waals surface area contributed by atoms with Crippen molar-refractivity contribution in [3.05, 3.63) is 0 Å². The fourth-order valence-electron chi connectivity index (χ4n) is 0.645. The zero-order valence-corrected chi connectivity index (χ0v) is 9.78. The van der Waals surface area contributed by atoms with Gasteiger partial charge in [0.15, 0.2) is 9.45 Å². The van der Waals surface area contributed by atoms with E-state index in [1.165, 1.54) is 11.3 Å². The number of hydrogen-bond acceptors (Lipinski definition) is 5. The van der Waals surface area contributed by atoms with Gasteiger partial charge in [-0.3, -0.25) is 0 Å². The van der Waals surface area contributed by atoms with E-state index in [1.54, 1.807) is 11.8 Å². The summed E-state index contributed by atoms with van der Waals surface area (Å²) in [5, 5.41) is 15.1. The molecule has 0 atom stereocenters. The molecule has 4 nitrogen and oxygen atoms in total. The van der Waals surface area contributed by atoms with Crippen LogP contribution in [0.25, 0.3) is 0 Å². The Hall–Kier alpha value is -0.400. The molecule has 1 aromatic heterocycles. The first-order chi connectivity index (χ1) is 6.26. The lowest BCUT2D eigenvalue weighted by Crippen LogP contribution is -2.27. The van der Waals surface area contributed by atoms with E-state index in [-0.39, 0.29) is 0 Å². The van der Waals surface area contributed by atoms with Crippen molar-refractivity contribution in [3.8, 4) is 0 Å². The van der Waals surface area contributed by atoms with Crippen molar-refractivity contribution in [3.63, 3.8) is 0 Å². The normalized spacial score (nSPS) is 9.69. The Morgan fingerprint density at radius 2 is 2.38 bits per heavy atom. The van der Waals surface area contributed by atoms with E-state index in [0.29, 0.717) is 5.11 Å². The number of thioether (sulfide) groups is 1. The van der Waals surface area contributed by atoms with Crippen molar-refractivity contribution in [2.45, 2.75) is 11.3 Å². The Morgan fingerprint density at radius 1 is 1.62 bits per heavy atom. The van der Waals surface area contributed by atoms with Gasteiger partial charge < -0.3 is 10.6 Å². The van der Waals surface area contributed by atoms with Crippen molar-refractivity contribution in [1.29, 1.82) is 0 Å². The van der Waals surface area contributed by atoms with Crippen molar-refractivity contribution in [2.75, 3.05) is 18.1 Å². The summed E-state index contributed by atoms with van der Waals surface area (Å²) < 4.78 is 0.932. The van der Waals surface area contributed by atoms with E-state index >= 15 is 0 Å². The first-order valence-electron chi connectivity index (χ1n) is 3.68. The molecule has 0 spiro atoms. The van der Waals surface area contributed by atoms with Crippen LogP contribution < -0.4 is 10.6 Å². The SMILES string of the molecule is CCNC(=S)Nc1nnc(SC)s1. The van der Waals surface area contributed by atoms with Crippen LogP contribution in [0, 0.1) is 0 Å². The van der Waals surface area contributed by atoms with Crippen LogP contribution in [0.4, 0.5) is 5.13 Å². The molecule has 1 rings (SSSR count). The molecule has 0 radical (unpaired) electrons. The van der Waals surface area contributed by atoms with Gasteiger partial charge >= 0.3 is 0 Å². The summed E-state index contributed by atoms with van der Waals surface area (Å²) in [6, 6.07) is 0. The molecular weight excluding hydrogens is 224 g/mol. The van der Waals surface area contributed by atoms with Crippen molar-refractivity contribution in [1.82, 2.24) is 15.5 Å². The Kier molecular flexibility index (Phi) is 4.40. The minimum absolute atomic E-state index is 0.589. The largest absolute Gasteiger partial charge is 0.363 e. The van der Waals surface area contributed by atoms with E-state index in [2.05, 4.69) is 20.8 Å². The molecule has 0 saturated heterocycles. The Balaban J connectivity index is 2.49. The maximum absolute atomic E-state index is 4.99. The first-order valence-corrected chi connectivity index (χ1v) is 6.13. The summed E-state index contributed by atoms with van der Waals surface area (Å²) in [6.45, 7) is 2.79. The number of anilines is 1. The highest BCUT2D eigenvalue weighted by atomic mass is 32.2. The predicted octanol–water partition coefficient (Wildman–Crippen LogP) is 1.57. The number of aromatic nitrogens is 2. The van der Waals surface area contributed by atoms with Crippen molar-refractivity contribution >= 4 is 45.6 Å².